The number of nitrogens with one attached hydrogen (secondary N) is 1. The van der Waals surface area contributed by atoms with E-state index >= 15 is 0 Å². The van der Waals surface area contributed by atoms with Crippen molar-refractivity contribution in [2.45, 2.75) is 25.3 Å². The molecule has 1 aliphatic heterocycles. The van der Waals surface area contributed by atoms with E-state index in [9.17, 15) is 4.79 Å². The lowest BCUT2D eigenvalue weighted by molar-refractivity contribution is 0.193. The van der Waals surface area contributed by atoms with Crippen molar-refractivity contribution >= 4 is 6.03 Å². The Morgan fingerprint density at radius 1 is 1.46 bits per heavy atom. The minimum absolute atomic E-state index is 0.00390. The molecule has 0 saturated carbocycles. The number of amides is 2. The van der Waals surface area contributed by atoms with Crippen LogP contribution >= 0.6 is 0 Å². The zero-order chi connectivity index (χ0) is 16.9. The smallest absolute Gasteiger partial charge is 0.317 e. The van der Waals surface area contributed by atoms with Crippen LogP contribution in [0.5, 0.6) is 5.75 Å². The van der Waals surface area contributed by atoms with E-state index in [1.165, 1.54) is 0 Å². The largest absolute Gasteiger partial charge is 0.497 e. The third-order valence-corrected chi connectivity index (χ3v) is 4.44. The molecule has 2 heterocycles. The number of methoxy groups -OCH3 is 1. The number of aromatic nitrogens is 2. The molecule has 0 radical (unpaired) electrons. The lowest BCUT2D eigenvalue weighted by Crippen LogP contribution is -2.40. The van der Waals surface area contributed by atoms with Crippen LogP contribution in [0.4, 0.5) is 4.79 Å². The first-order chi connectivity index (χ1) is 11.7. The summed E-state index contributed by atoms with van der Waals surface area (Å²) in [5.74, 6) is 0.830. The number of hydrogen-bond donors (Lipinski definition) is 1. The van der Waals surface area contributed by atoms with E-state index in [0.29, 0.717) is 6.54 Å². The highest BCUT2D eigenvalue weighted by atomic mass is 16.5. The zero-order valence-corrected chi connectivity index (χ0v) is 14.2. The molecule has 1 aromatic carbocycles. The van der Waals surface area contributed by atoms with Gasteiger partial charge in [0.1, 0.15) is 5.75 Å². The Balaban J connectivity index is 1.58. The van der Waals surface area contributed by atoms with E-state index in [1.54, 1.807) is 11.8 Å². The topological polar surface area (TPSA) is 59.4 Å². The van der Waals surface area contributed by atoms with Gasteiger partial charge in [0.2, 0.25) is 0 Å². The minimum atomic E-state index is 0.00390. The van der Waals surface area contributed by atoms with Gasteiger partial charge in [0.15, 0.2) is 0 Å². The van der Waals surface area contributed by atoms with Gasteiger partial charge in [-0.25, -0.2) is 4.79 Å². The first-order valence-electron chi connectivity index (χ1n) is 8.33. The van der Waals surface area contributed by atoms with Gasteiger partial charge < -0.3 is 15.0 Å². The molecule has 3 rings (SSSR count). The third kappa shape index (κ3) is 3.69. The number of aryl methyl sites for hydroxylation is 1. The lowest BCUT2D eigenvalue weighted by Gasteiger charge is -2.25. The SMILES string of the molecule is COc1cccc(C2CCCN2C(=O)NCCc2cnn(C)c2)c1. The molecule has 0 bridgehead atoms. The van der Waals surface area contributed by atoms with Crippen LogP contribution in [0.2, 0.25) is 0 Å². The summed E-state index contributed by atoms with van der Waals surface area (Å²) in [4.78, 5) is 14.5. The van der Waals surface area contributed by atoms with Crippen molar-refractivity contribution in [3.05, 3.63) is 47.8 Å². The number of carbonyl (C=O) groups is 1. The van der Waals surface area contributed by atoms with Gasteiger partial charge in [0.05, 0.1) is 19.3 Å². The summed E-state index contributed by atoms with van der Waals surface area (Å²) in [6, 6.07) is 8.12. The molecule has 1 fully saturated rings. The number of carbonyl (C=O) groups excluding carboxylic acids is 1. The van der Waals surface area contributed by atoms with Crippen LogP contribution < -0.4 is 10.1 Å². The quantitative estimate of drug-likeness (QED) is 0.917. The molecule has 1 atom stereocenters. The summed E-state index contributed by atoms with van der Waals surface area (Å²) < 4.78 is 7.07. The Bertz CT molecular complexity index is 698. The second-order valence-corrected chi connectivity index (χ2v) is 6.13. The molecule has 2 amide bonds. The number of hydrogen-bond acceptors (Lipinski definition) is 3. The van der Waals surface area contributed by atoms with E-state index in [-0.39, 0.29) is 12.1 Å². The Kier molecular flexibility index (Phi) is 5.03. The van der Waals surface area contributed by atoms with Crippen molar-refractivity contribution < 1.29 is 9.53 Å². The van der Waals surface area contributed by atoms with Gasteiger partial charge in [-0.15, -0.1) is 0 Å². The molecule has 6 heteroatoms. The summed E-state index contributed by atoms with van der Waals surface area (Å²) in [5, 5.41) is 7.17. The van der Waals surface area contributed by atoms with Crippen molar-refractivity contribution in [2.75, 3.05) is 20.2 Å². The fraction of sp³-hybridized carbons (Fsp3) is 0.444. The Morgan fingerprint density at radius 3 is 3.08 bits per heavy atom. The standard InChI is InChI=1S/C18H24N4O2/c1-21-13-14(12-20-21)8-9-19-18(23)22-10-4-7-17(22)15-5-3-6-16(11-15)24-2/h3,5-6,11-13,17H,4,7-10H2,1-2H3,(H,19,23). The highest BCUT2D eigenvalue weighted by Gasteiger charge is 2.29. The van der Waals surface area contributed by atoms with Crippen LogP contribution in [0.3, 0.4) is 0 Å². The van der Waals surface area contributed by atoms with Crippen molar-refractivity contribution in [1.29, 1.82) is 0 Å². The summed E-state index contributed by atoms with van der Waals surface area (Å²) in [6.45, 7) is 1.41. The number of nitrogens with zero attached hydrogens (tertiary/aromatic N) is 3. The van der Waals surface area contributed by atoms with E-state index in [1.807, 2.05) is 42.5 Å². The van der Waals surface area contributed by atoms with Gasteiger partial charge in [0.25, 0.3) is 0 Å². The van der Waals surface area contributed by atoms with Crippen LogP contribution in [0.15, 0.2) is 36.7 Å². The molecule has 6 nitrogen and oxygen atoms in total. The number of rotatable bonds is 5. The predicted octanol–water partition coefficient (Wildman–Crippen LogP) is 2.52. The molecule has 2 aromatic rings. The zero-order valence-electron chi connectivity index (χ0n) is 14.2. The Morgan fingerprint density at radius 2 is 2.33 bits per heavy atom. The van der Waals surface area contributed by atoms with Crippen LogP contribution in [0.1, 0.15) is 30.0 Å². The van der Waals surface area contributed by atoms with E-state index in [0.717, 1.165) is 42.7 Å². The third-order valence-electron chi connectivity index (χ3n) is 4.44. The van der Waals surface area contributed by atoms with Gasteiger partial charge in [-0.05, 0) is 42.5 Å². The minimum Gasteiger partial charge on any atom is -0.497 e. The van der Waals surface area contributed by atoms with Crippen LogP contribution in [0.25, 0.3) is 0 Å². The molecule has 1 aliphatic rings. The summed E-state index contributed by atoms with van der Waals surface area (Å²) in [7, 11) is 3.56. The molecule has 1 aromatic heterocycles. The fourth-order valence-corrected chi connectivity index (χ4v) is 3.22. The first-order valence-corrected chi connectivity index (χ1v) is 8.33. The van der Waals surface area contributed by atoms with E-state index < -0.39 is 0 Å². The van der Waals surface area contributed by atoms with Gasteiger partial charge in [-0.1, -0.05) is 12.1 Å². The average Bonchev–Trinajstić information content (AvgIpc) is 3.24. The summed E-state index contributed by atoms with van der Waals surface area (Å²) >= 11 is 0. The highest BCUT2D eigenvalue weighted by molar-refractivity contribution is 5.75. The van der Waals surface area contributed by atoms with Crippen molar-refractivity contribution in [2.24, 2.45) is 7.05 Å². The Hall–Kier alpha value is -2.50. The fourth-order valence-electron chi connectivity index (χ4n) is 3.22. The van der Waals surface area contributed by atoms with E-state index in [2.05, 4.69) is 16.5 Å². The molecule has 1 N–H and O–H groups in total. The van der Waals surface area contributed by atoms with E-state index in [4.69, 9.17) is 4.74 Å². The van der Waals surface area contributed by atoms with Crippen molar-refractivity contribution in [3.63, 3.8) is 0 Å². The number of likely N-dealkylation sites (tertiary alicyclic amines) is 1. The van der Waals surface area contributed by atoms with Crippen LogP contribution in [0, 0.1) is 0 Å². The highest BCUT2D eigenvalue weighted by Crippen LogP contribution is 2.33. The van der Waals surface area contributed by atoms with Crippen molar-refractivity contribution in [1.82, 2.24) is 20.0 Å². The molecule has 1 saturated heterocycles. The number of ether oxygens (including phenoxy) is 1. The average molecular weight is 328 g/mol. The first kappa shape index (κ1) is 16.4. The lowest BCUT2D eigenvalue weighted by atomic mass is 10.0. The molecule has 0 spiro atoms. The molecule has 1 unspecified atom stereocenters. The molecule has 24 heavy (non-hydrogen) atoms. The maximum Gasteiger partial charge on any atom is 0.317 e. The molecular formula is C18H24N4O2. The summed E-state index contributed by atoms with van der Waals surface area (Å²) in [6.07, 6.45) is 6.61. The molecule has 0 aliphatic carbocycles. The molecule has 128 valence electrons. The maximum atomic E-state index is 12.5. The summed E-state index contributed by atoms with van der Waals surface area (Å²) in [5.41, 5.74) is 2.26. The monoisotopic (exact) mass is 328 g/mol. The second-order valence-electron chi connectivity index (χ2n) is 6.13. The maximum absolute atomic E-state index is 12.5. The van der Waals surface area contributed by atoms with Gasteiger partial charge in [-0.2, -0.15) is 5.10 Å². The van der Waals surface area contributed by atoms with Crippen molar-refractivity contribution in [3.8, 4) is 5.75 Å². The van der Waals surface area contributed by atoms with Crippen LogP contribution in [-0.4, -0.2) is 40.9 Å². The van der Waals surface area contributed by atoms with Crippen LogP contribution in [-0.2, 0) is 13.5 Å². The molecular weight excluding hydrogens is 304 g/mol. The van der Waals surface area contributed by atoms with Gasteiger partial charge >= 0.3 is 6.03 Å². The van der Waals surface area contributed by atoms with Gasteiger partial charge in [0, 0.05) is 26.3 Å². The predicted molar refractivity (Wildman–Crippen MR) is 92.0 cm³/mol. The normalized spacial score (nSPS) is 17.1. The second kappa shape index (κ2) is 7.38. The number of benzene rings is 1. The van der Waals surface area contributed by atoms with Gasteiger partial charge in [-0.3, -0.25) is 4.68 Å². The number of urea groups is 1. The Labute approximate surface area is 142 Å².